The minimum atomic E-state index is -0.186. The van der Waals surface area contributed by atoms with Crippen LogP contribution in [0.5, 0.6) is 0 Å². The molecule has 6 heteroatoms. The third kappa shape index (κ3) is 6.74. The number of hydrogen-bond donors (Lipinski definition) is 0. The molecule has 6 aliphatic rings. The molecule has 0 spiro atoms. The van der Waals surface area contributed by atoms with Crippen molar-refractivity contribution in [2.24, 2.45) is 0 Å². The van der Waals surface area contributed by atoms with Crippen molar-refractivity contribution in [3.63, 3.8) is 0 Å². The van der Waals surface area contributed by atoms with Crippen LogP contribution in [0, 0.1) is 0 Å². The van der Waals surface area contributed by atoms with Crippen molar-refractivity contribution in [1.29, 1.82) is 0 Å². The van der Waals surface area contributed by atoms with E-state index in [2.05, 4.69) is 244 Å². The van der Waals surface area contributed by atoms with Crippen molar-refractivity contribution in [3.05, 3.63) is 173 Å². The van der Waals surface area contributed by atoms with Gasteiger partial charge >= 0.3 is 0 Å². The van der Waals surface area contributed by atoms with Crippen LogP contribution in [0.2, 0.25) is 0 Å². The van der Waals surface area contributed by atoms with Gasteiger partial charge in [0.25, 0.3) is 6.71 Å². The van der Waals surface area contributed by atoms with E-state index in [4.69, 9.17) is 4.42 Å². The third-order valence-corrected chi connectivity index (χ3v) is 23.7. The molecule has 1 saturated carbocycles. The van der Waals surface area contributed by atoms with Gasteiger partial charge < -0.3 is 19.1 Å². The van der Waals surface area contributed by atoms with E-state index in [1.165, 1.54) is 129 Å². The normalized spacial score (nSPS) is 22.5. The first-order chi connectivity index (χ1) is 39.0. The third-order valence-electron chi connectivity index (χ3n) is 22.5. The summed E-state index contributed by atoms with van der Waals surface area (Å²) in [6.07, 6.45) is 9.38. The lowest BCUT2D eigenvalue weighted by Gasteiger charge is -2.51. The second-order valence-electron chi connectivity index (χ2n) is 30.1. The predicted molar refractivity (Wildman–Crippen MR) is 353 cm³/mol. The lowest BCUT2D eigenvalue weighted by atomic mass is 9.33. The Balaban J connectivity index is 1.09. The van der Waals surface area contributed by atoms with Gasteiger partial charge in [-0.05, 0) is 183 Å². The molecule has 5 heterocycles. The van der Waals surface area contributed by atoms with E-state index in [0.29, 0.717) is 0 Å². The molecule has 1 fully saturated rings. The average molecular weight is 1090 g/mol. The van der Waals surface area contributed by atoms with Gasteiger partial charge in [0, 0.05) is 60.4 Å². The highest BCUT2D eigenvalue weighted by atomic mass is 32.1. The highest BCUT2D eigenvalue weighted by Crippen LogP contribution is 2.63. The molecule has 8 aromatic carbocycles. The first-order valence-electron chi connectivity index (χ1n) is 30.9. The first-order valence-corrected chi connectivity index (χ1v) is 31.7. The maximum atomic E-state index is 6.88. The van der Waals surface area contributed by atoms with Gasteiger partial charge in [-0.1, -0.05) is 175 Å². The van der Waals surface area contributed by atoms with Crippen LogP contribution in [0.4, 0.5) is 45.5 Å². The minimum absolute atomic E-state index is 0.00245. The Labute approximate surface area is 490 Å². The van der Waals surface area contributed by atoms with Gasteiger partial charge in [0.2, 0.25) is 0 Å². The van der Waals surface area contributed by atoms with Gasteiger partial charge in [0.15, 0.2) is 0 Å². The van der Waals surface area contributed by atoms with Gasteiger partial charge in [-0.3, -0.25) is 0 Å². The number of furan rings is 1. The molecule has 0 amide bonds. The molecule has 0 saturated heterocycles. The molecule has 2 unspecified atom stereocenters. The molecule has 2 aromatic heterocycles. The zero-order valence-corrected chi connectivity index (χ0v) is 51.5. The number of benzene rings is 8. The zero-order chi connectivity index (χ0) is 56.6. The summed E-state index contributed by atoms with van der Waals surface area (Å²) in [5, 5.41) is 4.92. The molecule has 3 aliphatic carbocycles. The summed E-state index contributed by atoms with van der Waals surface area (Å²) < 4.78 is 9.53. The summed E-state index contributed by atoms with van der Waals surface area (Å²) in [5.41, 5.74) is 24.9. The van der Waals surface area contributed by atoms with Crippen LogP contribution in [0.25, 0.3) is 42.1 Å². The number of thiophene rings is 1. The highest BCUT2D eigenvalue weighted by Gasteiger charge is 2.59. The number of rotatable bonds is 3. The smallest absolute Gasteiger partial charge is 0.252 e. The van der Waals surface area contributed by atoms with Crippen LogP contribution >= 0.6 is 11.3 Å². The Morgan fingerprint density at radius 3 is 1.85 bits per heavy atom. The minimum Gasteiger partial charge on any atom is -0.456 e. The van der Waals surface area contributed by atoms with Crippen molar-refractivity contribution in [2.45, 2.75) is 179 Å². The van der Waals surface area contributed by atoms with Crippen molar-refractivity contribution < 1.29 is 4.42 Å². The van der Waals surface area contributed by atoms with E-state index in [-0.39, 0.29) is 44.7 Å². The summed E-state index contributed by atoms with van der Waals surface area (Å²) in [5.74, 6) is 0. The second-order valence-corrected chi connectivity index (χ2v) is 31.1. The molecule has 0 N–H and O–H groups in total. The van der Waals surface area contributed by atoms with Crippen LogP contribution in [-0.4, -0.2) is 12.3 Å². The van der Waals surface area contributed by atoms with E-state index < -0.39 is 0 Å². The van der Waals surface area contributed by atoms with Crippen LogP contribution in [-0.2, 0) is 32.5 Å². The van der Waals surface area contributed by atoms with Crippen molar-refractivity contribution in [1.82, 2.24) is 0 Å². The van der Waals surface area contributed by atoms with E-state index in [9.17, 15) is 0 Å². The Kier molecular flexibility index (Phi) is 10.3. The highest BCUT2D eigenvalue weighted by molar-refractivity contribution is 7.26. The Hall–Kier alpha value is -6.76. The quantitative estimate of drug-likeness (QED) is 0.165. The van der Waals surface area contributed by atoms with Crippen molar-refractivity contribution in [2.75, 3.05) is 14.7 Å². The lowest BCUT2D eigenvalue weighted by molar-refractivity contribution is 0.195. The molecular weight excluding hydrogens is 1010 g/mol. The molecule has 4 nitrogen and oxygen atoms in total. The van der Waals surface area contributed by atoms with E-state index in [0.717, 1.165) is 59.7 Å². The van der Waals surface area contributed by atoms with Crippen molar-refractivity contribution >= 4 is 122 Å². The maximum absolute atomic E-state index is 6.88. The van der Waals surface area contributed by atoms with Gasteiger partial charge in [-0.2, -0.15) is 0 Å². The summed E-state index contributed by atoms with van der Waals surface area (Å²) in [6, 6.07) is 55.7. The lowest BCUT2D eigenvalue weighted by Crippen LogP contribution is -2.62. The summed E-state index contributed by atoms with van der Waals surface area (Å²) in [4.78, 5) is 8.39. The summed E-state index contributed by atoms with van der Waals surface area (Å²) in [6.45, 7) is 32.3. The zero-order valence-electron chi connectivity index (χ0n) is 50.7. The fourth-order valence-corrected chi connectivity index (χ4v) is 18.5. The number of para-hydroxylation sites is 1. The Morgan fingerprint density at radius 2 is 1.11 bits per heavy atom. The Bertz CT molecular complexity index is 4430. The monoisotopic (exact) mass is 1090 g/mol. The number of nitrogens with zero attached hydrogens (tertiary/aromatic N) is 3. The van der Waals surface area contributed by atoms with Crippen molar-refractivity contribution in [3.8, 4) is 0 Å². The molecular formula is C76H78BN3OS. The van der Waals surface area contributed by atoms with Gasteiger partial charge in [0.05, 0.1) is 27.0 Å². The molecule has 2 atom stereocenters. The standard InChI is InChI=1S/C76H78BN3OS/c1-70(2,3)45-27-32-58-55(39-45)75(12)33-18-19-34-76(75,13)80(58)47-41-61-67-62(42-47)79(59-23-20-25-64-66(59)50-22-14-16-24-63(50)81-64)68-56(31-29-49-48-21-15-17-26-65(48)82-69(49)68)77(67)57-43-53-54(74(10,11)38-37-73(53,8)9)44-60(57)78(61)46-28-30-51-52(40-46)72(6,7)36-35-71(51,4)5/h14-17,20-32,39-44H,18-19,33-38H2,1-13H3. The first kappa shape index (κ1) is 50.9. The molecule has 0 bridgehead atoms. The molecule has 16 rings (SSSR count). The molecule has 82 heavy (non-hydrogen) atoms. The number of fused-ring (bicyclic) bond motifs is 16. The maximum Gasteiger partial charge on any atom is 0.252 e. The molecule has 0 radical (unpaired) electrons. The van der Waals surface area contributed by atoms with Crippen LogP contribution in [0.3, 0.4) is 0 Å². The molecule has 3 aliphatic heterocycles. The van der Waals surface area contributed by atoms with Gasteiger partial charge in [-0.25, -0.2) is 0 Å². The summed E-state index contributed by atoms with van der Waals surface area (Å²) >= 11 is 1.96. The molecule has 10 aromatic rings. The second kappa shape index (κ2) is 16.5. The van der Waals surface area contributed by atoms with Crippen LogP contribution < -0.4 is 31.1 Å². The summed E-state index contributed by atoms with van der Waals surface area (Å²) in [7, 11) is 0. The van der Waals surface area contributed by atoms with E-state index >= 15 is 0 Å². The Morgan fingerprint density at radius 1 is 0.463 bits per heavy atom. The van der Waals surface area contributed by atoms with E-state index in [1.807, 2.05) is 11.3 Å². The van der Waals surface area contributed by atoms with Crippen LogP contribution in [0.1, 0.15) is 175 Å². The van der Waals surface area contributed by atoms with Gasteiger partial charge in [-0.15, -0.1) is 11.3 Å². The largest absolute Gasteiger partial charge is 0.456 e. The topological polar surface area (TPSA) is 22.9 Å². The predicted octanol–water partition coefficient (Wildman–Crippen LogP) is 19.8. The van der Waals surface area contributed by atoms with E-state index in [1.54, 1.807) is 0 Å². The number of hydrogen-bond acceptors (Lipinski definition) is 5. The fourth-order valence-electron chi connectivity index (χ4n) is 17.2. The van der Waals surface area contributed by atoms with Gasteiger partial charge in [0.1, 0.15) is 11.2 Å². The molecule has 412 valence electrons. The average Bonchev–Trinajstić information content (AvgIpc) is 3.64. The number of anilines is 8. The SMILES string of the molecule is CC(C)(C)c1ccc2c(c1)C1(C)CCCCC1(C)N2c1cc2c3c(c1)N(c1cccc4oc5ccccc5c14)c1c(ccc4c1sc1ccccc14)B3c1cc3c(cc1N2c1ccc2c(c1)C(C)(C)CCC2(C)C)C(C)(C)CCC3(C)C. The van der Waals surface area contributed by atoms with Crippen LogP contribution in [0.15, 0.2) is 144 Å². The fraction of sp³-hybridized carbons (Fsp3) is 0.368.